The van der Waals surface area contributed by atoms with Gasteiger partial charge in [0.25, 0.3) is 5.91 Å². The van der Waals surface area contributed by atoms with Gasteiger partial charge in [-0.05, 0) is 67.3 Å². The predicted molar refractivity (Wildman–Crippen MR) is 235 cm³/mol. The maximum absolute atomic E-state index is 13.5. The number of anilines is 5. The van der Waals surface area contributed by atoms with Gasteiger partial charge in [0, 0.05) is 66.2 Å². The van der Waals surface area contributed by atoms with Gasteiger partial charge in [0.15, 0.2) is 5.75 Å². The van der Waals surface area contributed by atoms with Gasteiger partial charge in [0.1, 0.15) is 23.1 Å². The van der Waals surface area contributed by atoms with E-state index in [4.69, 9.17) is 18.9 Å². The lowest BCUT2D eigenvalue weighted by Crippen LogP contribution is -2.55. The average Bonchev–Trinajstić information content (AvgIpc) is 3.21. The minimum absolute atomic E-state index is 0.161. The van der Waals surface area contributed by atoms with Gasteiger partial charge in [-0.25, -0.2) is 9.78 Å². The van der Waals surface area contributed by atoms with Crippen molar-refractivity contribution in [2.75, 3.05) is 74.0 Å². The zero-order valence-electron chi connectivity index (χ0n) is 34.4. The van der Waals surface area contributed by atoms with E-state index in [2.05, 4.69) is 70.5 Å². The molecule has 1 aromatic heterocycles. The van der Waals surface area contributed by atoms with Crippen LogP contribution in [0.2, 0.25) is 0 Å². The Hall–Kier alpha value is -5.70. The Labute approximate surface area is 344 Å². The lowest BCUT2D eigenvalue weighted by molar-refractivity contribution is -0.00923. The summed E-state index contributed by atoms with van der Waals surface area (Å²) in [6.07, 6.45) is 3.58. The molecule has 0 bridgehead atoms. The average molecular weight is 808 g/mol. The Morgan fingerprint density at radius 1 is 0.828 bits per heavy atom. The van der Waals surface area contributed by atoms with Crippen LogP contribution in [0.1, 0.15) is 50.5 Å². The van der Waals surface area contributed by atoms with Crippen molar-refractivity contribution in [1.29, 1.82) is 0 Å². The van der Waals surface area contributed by atoms with Gasteiger partial charge in [0.05, 0.1) is 50.1 Å². The molecule has 4 aromatic carbocycles. The lowest BCUT2D eigenvalue weighted by atomic mass is 9.86. The number of urea groups is 1. The number of pyridine rings is 1. The number of ether oxygens (including phenoxy) is 4. The van der Waals surface area contributed by atoms with Crippen molar-refractivity contribution in [3.8, 4) is 23.0 Å². The molecule has 306 valence electrons. The molecule has 1 fully saturated rings. The molecule has 0 saturated carbocycles. The number of fused-ring (bicyclic) bond motifs is 1. The maximum Gasteiger partial charge on any atom is 0.323 e. The molecule has 1 aliphatic rings. The molecule has 13 nitrogen and oxygen atoms in total. The van der Waals surface area contributed by atoms with Crippen molar-refractivity contribution in [2.24, 2.45) is 0 Å². The Balaban J connectivity index is 1.14. The highest BCUT2D eigenvalue weighted by Crippen LogP contribution is 2.40. The monoisotopic (exact) mass is 807 g/mol. The second-order valence-electron chi connectivity index (χ2n) is 15.5. The number of nitrogens with zero attached hydrogens (tertiary/aromatic N) is 2. The van der Waals surface area contributed by atoms with Gasteiger partial charge in [-0.15, -0.1) is 0 Å². The van der Waals surface area contributed by atoms with Crippen molar-refractivity contribution >= 4 is 63.2 Å². The topological polar surface area (TPSA) is 147 Å². The number of nitrogens with one attached hydrogen (secondary N) is 5. The van der Waals surface area contributed by atoms with Crippen LogP contribution in [0.5, 0.6) is 23.0 Å². The maximum atomic E-state index is 13.5. The van der Waals surface area contributed by atoms with Crippen LogP contribution in [-0.4, -0.2) is 80.7 Å². The summed E-state index contributed by atoms with van der Waals surface area (Å²) < 4.78 is 26.5. The first-order valence-corrected chi connectivity index (χ1v) is 20.3. The van der Waals surface area contributed by atoms with Gasteiger partial charge in [-0.3, -0.25) is 9.69 Å². The summed E-state index contributed by atoms with van der Waals surface area (Å²) in [4.78, 5) is 33.6. The second-order valence-corrected chi connectivity index (χ2v) is 16.1. The summed E-state index contributed by atoms with van der Waals surface area (Å²) in [5.74, 6) is 2.44. The molecule has 2 heterocycles. The van der Waals surface area contributed by atoms with Gasteiger partial charge < -0.3 is 44.9 Å². The van der Waals surface area contributed by atoms with E-state index in [1.165, 1.54) is 11.9 Å². The van der Waals surface area contributed by atoms with E-state index in [9.17, 15) is 9.59 Å². The summed E-state index contributed by atoms with van der Waals surface area (Å²) in [6.45, 7) is 14.1. The Morgan fingerprint density at radius 3 is 2.26 bits per heavy atom. The second kappa shape index (κ2) is 18.3. The fourth-order valence-corrected chi connectivity index (χ4v) is 7.12. The zero-order valence-corrected chi connectivity index (χ0v) is 35.2. The van der Waals surface area contributed by atoms with Crippen LogP contribution in [-0.2, 0) is 10.2 Å². The zero-order chi connectivity index (χ0) is 41.5. The van der Waals surface area contributed by atoms with Crippen LogP contribution in [0.15, 0.2) is 85.1 Å². The molecule has 58 heavy (non-hydrogen) atoms. The number of aromatic nitrogens is 1. The van der Waals surface area contributed by atoms with E-state index in [0.717, 1.165) is 35.1 Å². The number of benzene rings is 4. The van der Waals surface area contributed by atoms with E-state index in [1.54, 1.807) is 44.7 Å². The smallest absolute Gasteiger partial charge is 0.323 e. The molecule has 1 aliphatic heterocycles. The third kappa shape index (κ3) is 10.0. The first kappa shape index (κ1) is 41.9. The van der Waals surface area contributed by atoms with Crippen molar-refractivity contribution in [3.05, 3.63) is 96.2 Å². The highest BCUT2D eigenvalue weighted by Gasteiger charge is 2.29. The number of hydrogen-bond donors (Lipinski definition) is 5. The molecule has 14 heteroatoms. The Kier molecular flexibility index (Phi) is 13.2. The predicted octanol–water partition coefficient (Wildman–Crippen LogP) is 9.26. The molecule has 0 atom stereocenters. The number of morpholine rings is 1. The Morgan fingerprint density at radius 2 is 1.55 bits per heavy atom. The fourth-order valence-electron chi connectivity index (χ4n) is 6.75. The first-order valence-electron chi connectivity index (χ1n) is 19.1. The molecule has 1 saturated heterocycles. The standard InChI is InChI=1S/C44H53N7O6S/c1-43(2,3)28-23-35(40(55-7)36(24-28)50-58-8)49-42(53)48-34-15-16-37(32-12-10-9-11-31(32)34)57-30-17-18-45-39(26-30)47-29-13-14-33(38(25-29)54-6)41(52)46-27-44(4,5)51-19-21-56-22-20-51/h9-18,23-26,50H,19-22,27H2,1-8H3,(H,45,47)(H,46,52)(H2,48,49,53). The largest absolute Gasteiger partial charge is 0.496 e. The minimum Gasteiger partial charge on any atom is -0.496 e. The van der Waals surface area contributed by atoms with Crippen LogP contribution < -0.4 is 40.2 Å². The Bertz CT molecular complexity index is 2250. The van der Waals surface area contributed by atoms with E-state index in [-0.39, 0.29) is 16.9 Å². The third-order valence-corrected chi connectivity index (χ3v) is 10.4. The van der Waals surface area contributed by atoms with Crippen LogP contribution >= 0.6 is 11.9 Å². The molecule has 0 unspecified atom stereocenters. The van der Waals surface area contributed by atoms with Crippen LogP contribution in [0.4, 0.5) is 33.4 Å². The number of carbonyl (C=O) groups is 2. The van der Waals surface area contributed by atoms with Crippen LogP contribution in [0.25, 0.3) is 10.8 Å². The molecule has 0 spiro atoms. The molecule has 6 rings (SSSR count). The number of carbonyl (C=O) groups excluding carboxylic acids is 2. The van der Waals surface area contributed by atoms with E-state index in [1.807, 2.05) is 60.9 Å². The van der Waals surface area contributed by atoms with E-state index >= 15 is 0 Å². The van der Waals surface area contributed by atoms with Crippen molar-refractivity contribution in [3.63, 3.8) is 0 Å². The van der Waals surface area contributed by atoms with Crippen molar-refractivity contribution in [1.82, 2.24) is 15.2 Å². The highest BCUT2D eigenvalue weighted by molar-refractivity contribution is 7.99. The SMILES string of the molecule is COc1cc(Nc2cc(Oc3ccc(NC(=O)Nc4cc(C(C)(C)C)cc(NSC)c4OC)c4ccccc34)ccn2)ccc1C(=O)NCC(C)(C)N1CCOCC1. The highest BCUT2D eigenvalue weighted by atomic mass is 32.2. The molecule has 0 aliphatic carbocycles. The number of rotatable bonds is 14. The molecule has 5 aromatic rings. The summed E-state index contributed by atoms with van der Waals surface area (Å²) in [7, 11) is 3.13. The van der Waals surface area contributed by atoms with E-state index < -0.39 is 6.03 Å². The molecular weight excluding hydrogens is 755 g/mol. The summed E-state index contributed by atoms with van der Waals surface area (Å²) in [5, 5.41) is 14.0. The van der Waals surface area contributed by atoms with Crippen LogP contribution in [0, 0.1) is 0 Å². The van der Waals surface area contributed by atoms with Crippen LogP contribution in [0.3, 0.4) is 0 Å². The number of hydrogen-bond acceptors (Lipinski definition) is 11. The van der Waals surface area contributed by atoms with E-state index in [0.29, 0.717) is 71.2 Å². The van der Waals surface area contributed by atoms with Gasteiger partial charge in [-0.2, -0.15) is 0 Å². The quantitative estimate of drug-likeness (QED) is 0.0685. The van der Waals surface area contributed by atoms with Crippen molar-refractivity contribution in [2.45, 2.75) is 45.6 Å². The third-order valence-electron chi connectivity index (χ3n) is 9.98. The molecule has 3 amide bonds. The van der Waals surface area contributed by atoms with Gasteiger partial charge in [-0.1, -0.05) is 57.0 Å². The molecular formula is C44H53N7O6S. The van der Waals surface area contributed by atoms with Crippen molar-refractivity contribution < 1.29 is 28.5 Å². The summed E-state index contributed by atoms with van der Waals surface area (Å²) in [6, 6.07) is 23.8. The number of methoxy groups -OCH3 is 2. The lowest BCUT2D eigenvalue weighted by Gasteiger charge is -2.40. The van der Waals surface area contributed by atoms with Gasteiger partial charge in [0.2, 0.25) is 0 Å². The van der Waals surface area contributed by atoms with Gasteiger partial charge >= 0.3 is 6.03 Å². The minimum atomic E-state index is -0.416. The molecule has 0 radical (unpaired) electrons. The number of amides is 3. The normalized spacial score (nSPS) is 13.4. The molecule has 5 N–H and O–H groups in total. The fraction of sp³-hybridized carbons (Fsp3) is 0.341. The summed E-state index contributed by atoms with van der Waals surface area (Å²) in [5.41, 5.74) is 3.71. The first-order chi connectivity index (χ1) is 27.8. The summed E-state index contributed by atoms with van der Waals surface area (Å²) >= 11 is 1.45.